The highest BCUT2D eigenvalue weighted by molar-refractivity contribution is 5.95. The lowest BCUT2D eigenvalue weighted by atomic mass is 10.1. The number of carbonyl (C=O) groups excluding carboxylic acids is 1. The zero-order chi connectivity index (χ0) is 19.7. The van der Waals surface area contributed by atoms with Gasteiger partial charge < -0.3 is 19.7 Å². The first kappa shape index (κ1) is 18.1. The van der Waals surface area contributed by atoms with Crippen LogP contribution in [0, 0.1) is 10.1 Å². The SMILES string of the molecule is CCN(Cc1ccc2c(c1)OCO2)C(=O)c1ccc(NC2CC2)c([N+](=O)[O-])c1. The summed E-state index contributed by atoms with van der Waals surface area (Å²) in [6.45, 7) is 2.92. The van der Waals surface area contributed by atoms with Crippen molar-refractivity contribution in [1.29, 1.82) is 0 Å². The Labute approximate surface area is 162 Å². The number of benzene rings is 2. The van der Waals surface area contributed by atoms with Gasteiger partial charge in [-0.2, -0.15) is 0 Å². The molecule has 0 atom stereocenters. The number of amides is 1. The first-order valence-electron chi connectivity index (χ1n) is 9.28. The van der Waals surface area contributed by atoms with Crippen LogP contribution in [0.15, 0.2) is 36.4 Å². The summed E-state index contributed by atoms with van der Waals surface area (Å²) in [6, 6.07) is 10.5. The predicted octanol–water partition coefficient (Wildman–Crippen LogP) is 3.56. The Kier molecular flexibility index (Phi) is 4.77. The van der Waals surface area contributed by atoms with Crippen LogP contribution in [-0.4, -0.2) is 35.1 Å². The Morgan fingerprint density at radius 1 is 1.21 bits per heavy atom. The monoisotopic (exact) mass is 383 g/mol. The highest BCUT2D eigenvalue weighted by Crippen LogP contribution is 2.34. The van der Waals surface area contributed by atoms with Gasteiger partial charge in [0.25, 0.3) is 11.6 Å². The number of ether oxygens (including phenoxy) is 2. The molecule has 0 aromatic heterocycles. The molecule has 1 aliphatic heterocycles. The van der Waals surface area contributed by atoms with Crippen molar-refractivity contribution >= 4 is 17.3 Å². The number of fused-ring (bicyclic) bond motifs is 1. The second kappa shape index (κ2) is 7.38. The summed E-state index contributed by atoms with van der Waals surface area (Å²) in [6.07, 6.45) is 2.02. The normalized spacial score (nSPS) is 14.6. The third-order valence-electron chi connectivity index (χ3n) is 4.86. The van der Waals surface area contributed by atoms with Crippen LogP contribution in [-0.2, 0) is 6.54 Å². The number of nitro groups is 1. The molecular formula is C20H21N3O5. The number of hydrogen-bond acceptors (Lipinski definition) is 6. The maximum Gasteiger partial charge on any atom is 0.293 e. The number of hydrogen-bond donors (Lipinski definition) is 1. The largest absolute Gasteiger partial charge is 0.454 e. The van der Waals surface area contributed by atoms with Crippen LogP contribution in [0.4, 0.5) is 11.4 Å². The fourth-order valence-corrected chi connectivity index (χ4v) is 3.15. The Morgan fingerprint density at radius 2 is 2.00 bits per heavy atom. The summed E-state index contributed by atoms with van der Waals surface area (Å²) in [5, 5.41) is 14.6. The zero-order valence-electron chi connectivity index (χ0n) is 15.5. The highest BCUT2D eigenvalue weighted by Gasteiger charge is 2.26. The molecule has 28 heavy (non-hydrogen) atoms. The summed E-state index contributed by atoms with van der Waals surface area (Å²) < 4.78 is 10.7. The highest BCUT2D eigenvalue weighted by atomic mass is 16.7. The van der Waals surface area contributed by atoms with Gasteiger partial charge in [0.05, 0.1) is 4.92 Å². The molecule has 1 aliphatic carbocycles. The molecule has 8 nitrogen and oxygen atoms in total. The smallest absolute Gasteiger partial charge is 0.293 e. The molecule has 1 fully saturated rings. The van der Waals surface area contributed by atoms with Crippen LogP contribution in [0.3, 0.4) is 0 Å². The Bertz CT molecular complexity index is 926. The predicted molar refractivity (Wildman–Crippen MR) is 103 cm³/mol. The molecule has 2 aromatic rings. The van der Waals surface area contributed by atoms with Gasteiger partial charge in [-0.15, -0.1) is 0 Å². The maximum atomic E-state index is 13.0. The van der Waals surface area contributed by atoms with Gasteiger partial charge >= 0.3 is 0 Å². The number of carbonyl (C=O) groups is 1. The van der Waals surface area contributed by atoms with Crippen molar-refractivity contribution < 1.29 is 19.2 Å². The molecular weight excluding hydrogens is 362 g/mol. The van der Waals surface area contributed by atoms with Crippen LogP contribution < -0.4 is 14.8 Å². The summed E-state index contributed by atoms with van der Waals surface area (Å²) in [7, 11) is 0. The second-order valence-corrected chi connectivity index (χ2v) is 6.91. The van der Waals surface area contributed by atoms with Crippen molar-refractivity contribution in [3.05, 3.63) is 57.6 Å². The average Bonchev–Trinajstić information content (AvgIpc) is 3.39. The van der Waals surface area contributed by atoms with Crippen LogP contribution in [0.5, 0.6) is 11.5 Å². The van der Waals surface area contributed by atoms with E-state index in [1.165, 1.54) is 6.07 Å². The van der Waals surface area contributed by atoms with E-state index in [9.17, 15) is 14.9 Å². The maximum absolute atomic E-state index is 13.0. The molecule has 4 rings (SSSR count). The Hall–Kier alpha value is -3.29. The van der Waals surface area contributed by atoms with Crippen LogP contribution in [0.2, 0.25) is 0 Å². The molecule has 0 unspecified atom stereocenters. The van der Waals surface area contributed by atoms with Gasteiger partial charge in [0.1, 0.15) is 5.69 Å². The number of nitrogens with zero attached hydrogens (tertiary/aromatic N) is 2. The van der Waals surface area contributed by atoms with E-state index in [0.29, 0.717) is 41.9 Å². The number of anilines is 1. The van der Waals surface area contributed by atoms with Gasteiger partial charge in [-0.3, -0.25) is 14.9 Å². The van der Waals surface area contributed by atoms with E-state index in [0.717, 1.165) is 18.4 Å². The minimum Gasteiger partial charge on any atom is -0.454 e. The summed E-state index contributed by atoms with van der Waals surface area (Å²) in [4.78, 5) is 25.6. The molecule has 1 amide bonds. The van der Waals surface area contributed by atoms with Crippen LogP contribution in [0.25, 0.3) is 0 Å². The summed E-state index contributed by atoms with van der Waals surface area (Å²) in [5.74, 6) is 1.10. The van der Waals surface area contributed by atoms with Crippen molar-refractivity contribution in [2.24, 2.45) is 0 Å². The van der Waals surface area contributed by atoms with Gasteiger partial charge in [-0.25, -0.2) is 0 Å². The van der Waals surface area contributed by atoms with Gasteiger partial charge in [0.15, 0.2) is 11.5 Å². The molecule has 8 heteroatoms. The molecule has 0 radical (unpaired) electrons. The van der Waals surface area contributed by atoms with E-state index < -0.39 is 4.92 Å². The van der Waals surface area contributed by atoms with E-state index >= 15 is 0 Å². The van der Waals surface area contributed by atoms with E-state index in [-0.39, 0.29) is 18.4 Å². The lowest BCUT2D eigenvalue weighted by Crippen LogP contribution is -2.30. The van der Waals surface area contributed by atoms with E-state index in [1.807, 2.05) is 25.1 Å². The first-order chi connectivity index (χ1) is 13.5. The van der Waals surface area contributed by atoms with Crippen molar-refractivity contribution in [3.8, 4) is 11.5 Å². The molecule has 1 heterocycles. The number of nitrogens with one attached hydrogen (secondary N) is 1. The fourth-order valence-electron chi connectivity index (χ4n) is 3.15. The second-order valence-electron chi connectivity index (χ2n) is 6.91. The van der Waals surface area contributed by atoms with Gasteiger partial charge in [0.2, 0.25) is 6.79 Å². The molecule has 1 saturated carbocycles. The minimum atomic E-state index is -0.449. The van der Waals surface area contributed by atoms with Crippen molar-refractivity contribution in [2.75, 3.05) is 18.7 Å². The Morgan fingerprint density at radius 3 is 2.71 bits per heavy atom. The average molecular weight is 383 g/mol. The third kappa shape index (κ3) is 3.71. The molecule has 0 spiro atoms. The molecule has 2 aromatic carbocycles. The minimum absolute atomic E-state index is 0.0723. The molecule has 0 bridgehead atoms. The summed E-state index contributed by atoms with van der Waals surface area (Å²) >= 11 is 0. The Balaban J connectivity index is 1.54. The molecule has 0 saturated heterocycles. The fraction of sp³-hybridized carbons (Fsp3) is 0.350. The number of rotatable bonds is 7. The topological polar surface area (TPSA) is 93.9 Å². The van der Waals surface area contributed by atoms with Gasteiger partial charge in [0, 0.05) is 30.8 Å². The standard InChI is InChI=1S/C20H21N3O5/c1-2-22(11-13-3-8-18-19(9-13)28-12-27-18)20(24)14-4-7-16(21-15-5-6-15)17(10-14)23(25)26/h3-4,7-10,15,21H,2,5-6,11-12H2,1H3. The third-order valence-corrected chi connectivity index (χ3v) is 4.86. The summed E-state index contributed by atoms with van der Waals surface area (Å²) in [5.41, 5.74) is 1.59. The zero-order valence-corrected chi connectivity index (χ0v) is 15.5. The molecule has 146 valence electrons. The molecule has 2 aliphatic rings. The number of nitro benzene ring substituents is 1. The molecule has 1 N–H and O–H groups in total. The van der Waals surface area contributed by atoms with E-state index in [4.69, 9.17) is 9.47 Å². The van der Waals surface area contributed by atoms with Gasteiger partial charge in [-0.05, 0) is 49.6 Å². The van der Waals surface area contributed by atoms with Gasteiger partial charge in [-0.1, -0.05) is 6.07 Å². The van der Waals surface area contributed by atoms with Crippen molar-refractivity contribution in [3.63, 3.8) is 0 Å². The van der Waals surface area contributed by atoms with E-state index in [1.54, 1.807) is 17.0 Å². The lowest BCUT2D eigenvalue weighted by Gasteiger charge is -2.21. The first-order valence-corrected chi connectivity index (χ1v) is 9.28. The quantitative estimate of drug-likeness (QED) is 0.580. The van der Waals surface area contributed by atoms with Crippen molar-refractivity contribution in [2.45, 2.75) is 32.4 Å². The van der Waals surface area contributed by atoms with Crippen LogP contribution >= 0.6 is 0 Å². The van der Waals surface area contributed by atoms with Crippen LogP contribution in [0.1, 0.15) is 35.7 Å². The van der Waals surface area contributed by atoms with Crippen molar-refractivity contribution in [1.82, 2.24) is 4.90 Å². The lowest BCUT2D eigenvalue weighted by molar-refractivity contribution is -0.384. The van der Waals surface area contributed by atoms with E-state index in [2.05, 4.69) is 5.32 Å².